The second-order valence-corrected chi connectivity index (χ2v) is 5.82. The van der Waals surface area contributed by atoms with Gasteiger partial charge in [0.15, 0.2) is 0 Å². The van der Waals surface area contributed by atoms with Gasteiger partial charge in [0.2, 0.25) is 5.91 Å². The van der Waals surface area contributed by atoms with Crippen LogP contribution in [-0.4, -0.2) is 25.5 Å². The lowest BCUT2D eigenvalue weighted by atomic mass is 10.00. The molecule has 1 saturated heterocycles. The minimum atomic E-state index is -0.0000662. The first-order chi connectivity index (χ1) is 9.65. The van der Waals surface area contributed by atoms with Gasteiger partial charge < -0.3 is 16.0 Å². The van der Waals surface area contributed by atoms with E-state index in [0.29, 0.717) is 5.92 Å². The van der Waals surface area contributed by atoms with Crippen molar-refractivity contribution < 1.29 is 4.79 Å². The number of benzene rings is 1. The highest BCUT2D eigenvalue weighted by atomic mass is 16.1. The van der Waals surface area contributed by atoms with Gasteiger partial charge in [0, 0.05) is 23.8 Å². The van der Waals surface area contributed by atoms with Gasteiger partial charge in [-0.2, -0.15) is 0 Å². The molecule has 1 aliphatic heterocycles. The molecule has 4 nitrogen and oxygen atoms in total. The van der Waals surface area contributed by atoms with Gasteiger partial charge in [-0.05, 0) is 50.0 Å². The van der Waals surface area contributed by atoms with E-state index in [4.69, 9.17) is 0 Å². The number of anilines is 2. The highest BCUT2D eigenvalue weighted by Gasteiger charge is 2.12. The zero-order valence-corrected chi connectivity index (χ0v) is 12.4. The van der Waals surface area contributed by atoms with E-state index in [1.807, 2.05) is 38.1 Å². The number of rotatable bonds is 5. The molecular weight excluding hydrogens is 250 g/mol. The molecule has 110 valence electrons. The zero-order valence-electron chi connectivity index (χ0n) is 12.4. The van der Waals surface area contributed by atoms with Crippen molar-refractivity contribution in [3.8, 4) is 0 Å². The summed E-state index contributed by atoms with van der Waals surface area (Å²) < 4.78 is 0. The maximum atomic E-state index is 11.7. The Hall–Kier alpha value is -1.55. The molecule has 2 rings (SSSR count). The van der Waals surface area contributed by atoms with Crippen molar-refractivity contribution in [2.75, 3.05) is 30.3 Å². The third kappa shape index (κ3) is 4.53. The molecule has 0 radical (unpaired) electrons. The van der Waals surface area contributed by atoms with Crippen LogP contribution in [-0.2, 0) is 4.79 Å². The van der Waals surface area contributed by atoms with Gasteiger partial charge >= 0.3 is 0 Å². The minimum absolute atomic E-state index is 0.0000662. The van der Waals surface area contributed by atoms with Gasteiger partial charge in [0.25, 0.3) is 0 Å². The highest BCUT2D eigenvalue weighted by Crippen LogP contribution is 2.17. The van der Waals surface area contributed by atoms with Crippen molar-refractivity contribution >= 4 is 17.3 Å². The van der Waals surface area contributed by atoms with E-state index >= 15 is 0 Å². The van der Waals surface area contributed by atoms with E-state index in [0.717, 1.165) is 31.0 Å². The van der Waals surface area contributed by atoms with Gasteiger partial charge in [0.05, 0.1) is 0 Å². The summed E-state index contributed by atoms with van der Waals surface area (Å²) in [5, 5.41) is 9.82. The predicted molar refractivity (Wildman–Crippen MR) is 84.0 cm³/mol. The molecule has 1 fully saturated rings. The van der Waals surface area contributed by atoms with Crippen molar-refractivity contribution in [2.24, 2.45) is 11.8 Å². The van der Waals surface area contributed by atoms with E-state index in [2.05, 4.69) is 16.0 Å². The van der Waals surface area contributed by atoms with Crippen LogP contribution < -0.4 is 16.0 Å². The normalized spacial score (nSPS) is 18.9. The summed E-state index contributed by atoms with van der Waals surface area (Å²) in [4.78, 5) is 11.7. The predicted octanol–water partition coefficient (Wildman–Crippen LogP) is 2.69. The molecule has 0 aromatic heterocycles. The quantitative estimate of drug-likeness (QED) is 0.774. The van der Waals surface area contributed by atoms with Gasteiger partial charge in [0.1, 0.15) is 0 Å². The van der Waals surface area contributed by atoms with Crippen molar-refractivity contribution in [3.63, 3.8) is 0 Å². The smallest absolute Gasteiger partial charge is 0.226 e. The molecule has 20 heavy (non-hydrogen) atoms. The van der Waals surface area contributed by atoms with E-state index in [9.17, 15) is 4.79 Å². The average molecular weight is 275 g/mol. The summed E-state index contributed by atoms with van der Waals surface area (Å²) in [6.07, 6.45) is 2.54. The number of amides is 1. The van der Waals surface area contributed by atoms with Crippen molar-refractivity contribution in [1.82, 2.24) is 5.32 Å². The molecule has 1 aromatic carbocycles. The van der Waals surface area contributed by atoms with Gasteiger partial charge in [-0.3, -0.25) is 4.79 Å². The Morgan fingerprint density at radius 1 is 1.40 bits per heavy atom. The molecule has 1 heterocycles. The maximum Gasteiger partial charge on any atom is 0.226 e. The maximum absolute atomic E-state index is 11.7. The fraction of sp³-hybridized carbons (Fsp3) is 0.562. The van der Waals surface area contributed by atoms with Crippen LogP contribution in [0.25, 0.3) is 0 Å². The van der Waals surface area contributed by atoms with Crippen LogP contribution in [0.15, 0.2) is 24.3 Å². The Bertz CT molecular complexity index is 439. The fourth-order valence-corrected chi connectivity index (χ4v) is 2.35. The first-order valence-corrected chi connectivity index (χ1v) is 7.50. The number of hydrogen-bond acceptors (Lipinski definition) is 3. The van der Waals surface area contributed by atoms with Gasteiger partial charge in [-0.1, -0.05) is 19.9 Å². The zero-order chi connectivity index (χ0) is 14.4. The molecule has 3 N–H and O–H groups in total. The van der Waals surface area contributed by atoms with E-state index in [-0.39, 0.29) is 11.8 Å². The van der Waals surface area contributed by atoms with Crippen LogP contribution >= 0.6 is 0 Å². The molecule has 1 aromatic rings. The van der Waals surface area contributed by atoms with Crippen LogP contribution in [0.1, 0.15) is 26.7 Å². The Balaban J connectivity index is 1.87. The molecular formula is C16H25N3O. The second kappa shape index (κ2) is 7.29. The molecule has 0 aliphatic carbocycles. The molecule has 1 unspecified atom stereocenters. The highest BCUT2D eigenvalue weighted by molar-refractivity contribution is 5.92. The molecule has 1 atom stereocenters. The molecule has 4 heteroatoms. The largest absolute Gasteiger partial charge is 0.385 e. The number of carbonyl (C=O) groups excluding carboxylic acids is 1. The molecule has 0 spiro atoms. The lowest BCUT2D eigenvalue weighted by Gasteiger charge is -2.23. The summed E-state index contributed by atoms with van der Waals surface area (Å²) in [5.41, 5.74) is 1.92. The van der Waals surface area contributed by atoms with Crippen molar-refractivity contribution in [2.45, 2.75) is 26.7 Å². The van der Waals surface area contributed by atoms with Crippen molar-refractivity contribution in [1.29, 1.82) is 0 Å². The third-order valence-electron chi connectivity index (χ3n) is 3.65. The summed E-state index contributed by atoms with van der Waals surface area (Å²) in [6, 6.07) is 7.93. The van der Waals surface area contributed by atoms with Crippen LogP contribution in [0.2, 0.25) is 0 Å². The third-order valence-corrected chi connectivity index (χ3v) is 3.65. The van der Waals surface area contributed by atoms with Crippen LogP contribution in [0.5, 0.6) is 0 Å². The van der Waals surface area contributed by atoms with Crippen LogP contribution in [0.4, 0.5) is 11.4 Å². The topological polar surface area (TPSA) is 53.2 Å². The summed E-state index contributed by atoms with van der Waals surface area (Å²) in [6.45, 7) is 7.01. The molecule has 0 saturated carbocycles. The first kappa shape index (κ1) is 14.9. The SMILES string of the molecule is CC(C)C(=O)Nc1cccc(NCC2CCCNC2)c1. The lowest BCUT2D eigenvalue weighted by Crippen LogP contribution is -2.33. The van der Waals surface area contributed by atoms with Gasteiger partial charge in [-0.25, -0.2) is 0 Å². The summed E-state index contributed by atoms with van der Waals surface area (Å²) in [7, 11) is 0. The van der Waals surface area contributed by atoms with E-state index in [1.54, 1.807) is 0 Å². The number of nitrogens with one attached hydrogen (secondary N) is 3. The van der Waals surface area contributed by atoms with E-state index < -0.39 is 0 Å². The summed E-state index contributed by atoms with van der Waals surface area (Å²) in [5.74, 6) is 0.747. The van der Waals surface area contributed by atoms with Crippen molar-refractivity contribution in [3.05, 3.63) is 24.3 Å². The van der Waals surface area contributed by atoms with E-state index in [1.165, 1.54) is 12.8 Å². The number of carbonyl (C=O) groups is 1. The second-order valence-electron chi connectivity index (χ2n) is 5.82. The lowest BCUT2D eigenvalue weighted by molar-refractivity contribution is -0.118. The Morgan fingerprint density at radius 3 is 2.90 bits per heavy atom. The van der Waals surface area contributed by atoms with Crippen LogP contribution in [0, 0.1) is 11.8 Å². The van der Waals surface area contributed by atoms with Gasteiger partial charge in [-0.15, -0.1) is 0 Å². The molecule has 1 amide bonds. The molecule has 0 bridgehead atoms. The standard InChI is InChI=1S/C16H25N3O/c1-12(2)16(20)19-15-7-3-6-14(9-15)18-11-13-5-4-8-17-10-13/h3,6-7,9,12-13,17-18H,4-5,8,10-11H2,1-2H3,(H,19,20). The Morgan fingerprint density at radius 2 is 2.20 bits per heavy atom. The molecule has 1 aliphatic rings. The fourth-order valence-electron chi connectivity index (χ4n) is 2.35. The Kier molecular flexibility index (Phi) is 5.41. The minimum Gasteiger partial charge on any atom is -0.385 e. The number of piperidine rings is 1. The summed E-state index contributed by atoms with van der Waals surface area (Å²) >= 11 is 0. The monoisotopic (exact) mass is 275 g/mol. The Labute approximate surface area is 121 Å². The first-order valence-electron chi connectivity index (χ1n) is 7.50. The number of hydrogen-bond donors (Lipinski definition) is 3. The van der Waals surface area contributed by atoms with Crippen LogP contribution in [0.3, 0.4) is 0 Å². The average Bonchev–Trinajstić information content (AvgIpc) is 2.46.